The van der Waals surface area contributed by atoms with E-state index in [2.05, 4.69) is 4.98 Å². The number of alkyl halides is 3. The van der Waals surface area contributed by atoms with Gasteiger partial charge in [-0.15, -0.1) is 11.3 Å². The second-order valence-electron chi connectivity index (χ2n) is 9.62. The summed E-state index contributed by atoms with van der Waals surface area (Å²) in [5, 5.41) is 12.0. The number of anilines is 1. The van der Waals surface area contributed by atoms with Crippen LogP contribution in [0.3, 0.4) is 0 Å². The molecule has 0 atom stereocenters. The number of thiazole rings is 1. The molecule has 0 amide bonds. The Morgan fingerprint density at radius 1 is 1.11 bits per heavy atom. The number of nitrogens with zero attached hydrogens (tertiary/aromatic N) is 2. The summed E-state index contributed by atoms with van der Waals surface area (Å²) in [5.74, 6) is -0.0402. The number of carboxylic acid groups (broad SMARTS) is 1. The third-order valence-corrected chi connectivity index (χ3v) is 7.02. The van der Waals surface area contributed by atoms with E-state index in [0.717, 1.165) is 46.1 Å². The van der Waals surface area contributed by atoms with Gasteiger partial charge in [0.2, 0.25) is 0 Å². The zero-order valence-corrected chi connectivity index (χ0v) is 21.9. The topological polar surface area (TPSA) is 62.7 Å². The van der Waals surface area contributed by atoms with Gasteiger partial charge in [0.05, 0.1) is 23.3 Å². The maximum atomic E-state index is 12.8. The Kier molecular flexibility index (Phi) is 8.33. The third-order valence-electron chi connectivity index (χ3n) is 6.07. The summed E-state index contributed by atoms with van der Waals surface area (Å²) >= 11 is 1.44. The smallest absolute Gasteiger partial charge is 0.416 e. The molecule has 1 aromatic heterocycles. The average Bonchev–Trinajstić information content (AvgIpc) is 3.29. The van der Waals surface area contributed by atoms with Crippen LogP contribution in [0.15, 0.2) is 41.8 Å². The summed E-state index contributed by atoms with van der Waals surface area (Å²) in [6.45, 7) is 8.56. The lowest BCUT2D eigenvalue weighted by Crippen LogP contribution is -2.26. The maximum Gasteiger partial charge on any atom is 0.416 e. The summed E-state index contributed by atoms with van der Waals surface area (Å²) in [6, 6.07) is 8.97. The fourth-order valence-electron chi connectivity index (χ4n) is 3.73. The van der Waals surface area contributed by atoms with E-state index in [1.54, 1.807) is 13.8 Å². The van der Waals surface area contributed by atoms with Crippen molar-refractivity contribution in [2.24, 2.45) is 5.41 Å². The molecule has 0 spiro atoms. The molecule has 36 heavy (non-hydrogen) atoms. The summed E-state index contributed by atoms with van der Waals surface area (Å²) < 4.78 is 44.3. The number of aromatic nitrogens is 1. The molecule has 0 aliphatic carbocycles. The van der Waals surface area contributed by atoms with Crippen LogP contribution < -0.4 is 9.64 Å². The zero-order valence-electron chi connectivity index (χ0n) is 21.1. The third kappa shape index (κ3) is 6.78. The number of benzene rings is 2. The summed E-state index contributed by atoms with van der Waals surface area (Å²) in [5.41, 5.74) is 2.73. The van der Waals surface area contributed by atoms with Crippen molar-refractivity contribution < 1.29 is 27.8 Å². The first-order valence-electron chi connectivity index (χ1n) is 11.6. The standard InChI is InChI=1S/C27H31F3N2O3S/c1-17-14-23(18(2)13-20(17)15-26(3,4)24(33)34)35-12-6-11-32(5)25-31-22(16-36-25)19-7-9-21(10-8-19)27(28,29)30/h7-10,13-14,16H,6,11-12,15H2,1-5H3,(H,33,34). The van der Waals surface area contributed by atoms with Gasteiger partial charge in [0, 0.05) is 24.5 Å². The molecule has 0 unspecified atom stereocenters. The van der Waals surface area contributed by atoms with Crippen molar-refractivity contribution in [2.45, 2.75) is 46.7 Å². The van der Waals surface area contributed by atoms with Crippen LogP contribution >= 0.6 is 11.3 Å². The average molecular weight is 521 g/mol. The van der Waals surface area contributed by atoms with Gasteiger partial charge in [-0.05, 0) is 75.4 Å². The van der Waals surface area contributed by atoms with Crippen molar-refractivity contribution in [2.75, 3.05) is 25.1 Å². The lowest BCUT2D eigenvalue weighted by Gasteiger charge is -2.21. The van der Waals surface area contributed by atoms with Gasteiger partial charge in [0.25, 0.3) is 0 Å². The molecule has 3 aromatic rings. The predicted molar refractivity (Wildman–Crippen MR) is 137 cm³/mol. The quantitative estimate of drug-likeness (QED) is 0.292. The molecule has 194 valence electrons. The van der Waals surface area contributed by atoms with Crippen LogP contribution in [0.5, 0.6) is 5.75 Å². The molecule has 9 heteroatoms. The Labute approximate surface area is 213 Å². The van der Waals surface area contributed by atoms with E-state index in [1.807, 2.05) is 43.3 Å². The first-order chi connectivity index (χ1) is 16.8. The highest BCUT2D eigenvalue weighted by molar-refractivity contribution is 7.14. The van der Waals surface area contributed by atoms with E-state index < -0.39 is 23.1 Å². The largest absolute Gasteiger partial charge is 0.493 e. The molecule has 0 bridgehead atoms. The van der Waals surface area contributed by atoms with Crippen molar-refractivity contribution in [3.05, 3.63) is 64.0 Å². The number of hydrogen-bond donors (Lipinski definition) is 1. The van der Waals surface area contributed by atoms with Crippen molar-refractivity contribution in [1.82, 2.24) is 4.98 Å². The number of hydrogen-bond acceptors (Lipinski definition) is 5. The van der Waals surface area contributed by atoms with E-state index in [0.29, 0.717) is 30.8 Å². The maximum absolute atomic E-state index is 12.8. The van der Waals surface area contributed by atoms with Gasteiger partial charge in [-0.2, -0.15) is 13.2 Å². The minimum atomic E-state index is -4.36. The van der Waals surface area contributed by atoms with Crippen LogP contribution in [0.1, 0.15) is 42.5 Å². The molecular formula is C27H31F3N2O3S. The van der Waals surface area contributed by atoms with E-state index in [-0.39, 0.29) is 0 Å². The molecule has 0 fully saturated rings. The molecule has 0 saturated heterocycles. The predicted octanol–water partition coefficient (Wildman–Crippen LogP) is 7.00. The molecule has 0 radical (unpaired) electrons. The molecule has 1 N–H and O–H groups in total. The summed E-state index contributed by atoms with van der Waals surface area (Å²) in [4.78, 5) is 18.0. The highest BCUT2D eigenvalue weighted by atomic mass is 32.1. The van der Waals surface area contributed by atoms with E-state index in [9.17, 15) is 23.1 Å². The van der Waals surface area contributed by atoms with Gasteiger partial charge in [-0.3, -0.25) is 4.79 Å². The normalized spacial score (nSPS) is 12.0. The van der Waals surface area contributed by atoms with Gasteiger partial charge in [-0.1, -0.05) is 18.2 Å². The van der Waals surface area contributed by atoms with Crippen LogP contribution in [0.2, 0.25) is 0 Å². The van der Waals surface area contributed by atoms with Gasteiger partial charge in [-0.25, -0.2) is 4.98 Å². The molecule has 0 aliphatic rings. The lowest BCUT2D eigenvalue weighted by molar-refractivity contribution is -0.146. The number of carboxylic acids is 1. The van der Waals surface area contributed by atoms with E-state index in [4.69, 9.17) is 4.74 Å². The number of ether oxygens (including phenoxy) is 1. The Morgan fingerprint density at radius 2 is 1.78 bits per heavy atom. The fourth-order valence-corrected chi connectivity index (χ4v) is 4.56. The fraction of sp³-hybridized carbons (Fsp3) is 0.407. The van der Waals surface area contributed by atoms with Crippen LogP contribution in [0.4, 0.5) is 18.3 Å². The number of halogens is 3. The Morgan fingerprint density at radius 3 is 2.39 bits per heavy atom. The van der Waals surface area contributed by atoms with Crippen molar-refractivity contribution in [3.63, 3.8) is 0 Å². The molecule has 0 saturated carbocycles. The molecule has 1 heterocycles. The first kappa shape index (κ1) is 27.5. The second kappa shape index (κ2) is 10.9. The SMILES string of the molecule is Cc1cc(OCCCN(C)c2nc(-c3ccc(C(F)(F)F)cc3)cs2)c(C)cc1CC(C)(C)C(=O)O. The molecule has 0 aliphatic heterocycles. The lowest BCUT2D eigenvalue weighted by atomic mass is 9.84. The van der Waals surface area contributed by atoms with Gasteiger partial charge in [0.1, 0.15) is 5.75 Å². The first-order valence-corrected chi connectivity index (χ1v) is 12.5. The number of carbonyl (C=O) groups is 1. The second-order valence-corrected chi connectivity index (χ2v) is 10.5. The number of rotatable bonds is 10. The monoisotopic (exact) mass is 520 g/mol. The Balaban J connectivity index is 1.53. The van der Waals surface area contributed by atoms with Gasteiger partial charge < -0.3 is 14.7 Å². The zero-order chi connectivity index (χ0) is 26.7. The van der Waals surface area contributed by atoms with Gasteiger partial charge in [0.15, 0.2) is 5.13 Å². The Bertz CT molecular complexity index is 1200. The number of aryl methyl sites for hydroxylation is 2. The molecule has 3 rings (SSSR count). The van der Waals surface area contributed by atoms with E-state index in [1.165, 1.54) is 23.5 Å². The highest BCUT2D eigenvalue weighted by Gasteiger charge is 2.30. The number of aliphatic carboxylic acids is 1. The van der Waals surface area contributed by atoms with Crippen LogP contribution in [-0.4, -0.2) is 36.3 Å². The van der Waals surface area contributed by atoms with Crippen molar-refractivity contribution in [1.29, 1.82) is 0 Å². The van der Waals surface area contributed by atoms with Crippen molar-refractivity contribution in [3.8, 4) is 17.0 Å². The van der Waals surface area contributed by atoms with E-state index >= 15 is 0 Å². The minimum absolute atomic E-state index is 0.447. The molecule has 2 aromatic carbocycles. The summed E-state index contributed by atoms with van der Waals surface area (Å²) in [6.07, 6.45) is -3.16. The van der Waals surface area contributed by atoms with Crippen LogP contribution in [0, 0.1) is 19.3 Å². The van der Waals surface area contributed by atoms with Crippen molar-refractivity contribution >= 4 is 22.4 Å². The summed E-state index contributed by atoms with van der Waals surface area (Å²) in [7, 11) is 1.92. The van der Waals surface area contributed by atoms with Crippen LogP contribution in [-0.2, 0) is 17.4 Å². The highest BCUT2D eigenvalue weighted by Crippen LogP contribution is 2.33. The Hall–Kier alpha value is -3.07. The molecular weight excluding hydrogens is 489 g/mol. The molecule has 5 nitrogen and oxygen atoms in total. The minimum Gasteiger partial charge on any atom is -0.493 e. The van der Waals surface area contributed by atoms with Gasteiger partial charge >= 0.3 is 12.1 Å². The van der Waals surface area contributed by atoms with Crippen LogP contribution in [0.25, 0.3) is 11.3 Å².